The Bertz CT molecular complexity index is 399. The van der Waals surface area contributed by atoms with Crippen LogP contribution in [0.15, 0.2) is 6.07 Å². The molecule has 0 saturated carbocycles. The fourth-order valence-electron chi connectivity index (χ4n) is 2.97. The van der Waals surface area contributed by atoms with Crippen LogP contribution in [-0.2, 0) is 19.5 Å². The molecule has 2 N–H and O–H groups in total. The minimum atomic E-state index is 0.660. The maximum absolute atomic E-state index is 5.84. The predicted molar refractivity (Wildman–Crippen MR) is 78.9 cm³/mol. The molecule has 1 aliphatic heterocycles. The van der Waals surface area contributed by atoms with Crippen molar-refractivity contribution >= 4 is 0 Å². The summed E-state index contributed by atoms with van der Waals surface area (Å²) in [5.41, 5.74) is 8.40. The van der Waals surface area contributed by atoms with Crippen molar-refractivity contribution in [2.24, 2.45) is 11.7 Å². The third kappa shape index (κ3) is 3.37. The number of rotatable bonds is 5. The Labute approximate surface area is 117 Å². The van der Waals surface area contributed by atoms with Crippen LogP contribution in [0.25, 0.3) is 0 Å². The van der Waals surface area contributed by atoms with Crippen LogP contribution in [-0.4, -0.2) is 33.8 Å². The molecule has 108 valence electrons. The molecule has 2 atom stereocenters. The number of hydrogen-bond acceptors (Lipinski definition) is 3. The molecule has 2 heterocycles. The van der Waals surface area contributed by atoms with E-state index >= 15 is 0 Å². The van der Waals surface area contributed by atoms with Crippen molar-refractivity contribution in [3.63, 3.8) is 0 Å². The number of nitrogens with zero attached hydrogens (tertiary/aromatic N) is 3. The summed E-state index contributed by atoms with van der Waals surface area (Å²) in [7, 11) is 0. The molecule has 2 rings (SSSR count). The van der Waals surface area contributed by atoms with E-state index in [-0.39, 0.29) is 0 Å². The van der Waals surface area contributed by atoms with Crippen LogP contribution in [0.3, 0.4) is 0 Å². The van der Waals surface area contributed by atoms with Gasteiger partial charge in [-0.3, -0.25) is 9.58 Å². The van der Waals surface area contributed by atoms with Gasteiger partial charge in [0.15, 0.2) is 0 Å². The summed E-state index contributed by atoms with van der Waals surface area (Å²) in [6.45, 7) is 10.6. The Morgan fingerprint density at radius 1 is 1.37 bits per heavy atom. The zero-order chi connectivity index (χ0) is 13.8. The van der Waals surface area contributed by atoms with Crippen LogP contribution in [0.1, 0.15) is 45.0 Å². The van der Waals surface area contributed by atoms with Gasteiger partial charge in [-0.15, -0.1) is 0 Å². The summed E-state index contributed by atoms with van der Waals surface area (Å²) < 4.78 is 2.15. The van der Waals surface area contributed by atoms with Crippen molar-refractivity contribution in [2.45, 2.75) is 59.2 Å². The molecule has 4 nitrogen and oxygen atoms in total. The quantitative estimate of drug-likeness (QED) is 0.885. The summed E-state index contributed by atoms with van der Waals surface area (Å²) in [6, 6.07) is 2.93. The topological polar surface area (TPSA) is 47.1 Å². The third-order valence-electron chi connectivity index (χ3n) is 4.38. The number of likely N-dealkylation sites (tertiary alicyclic amines) is 1. The average Bonchev–Trinajstić information content (AvgIpc) is 2.83. The van der Waals surface area contributed by atoms with E-state index in [1.54, 1.807) is 0 Å². The summed E-state index contributed by atoms with van der Waals surface area (Å²) in [6.07, 6.45) is 3.56. The van der Waals surface area contributed by atoms with Gasteiger partial charge in [-0.1, -0.05) is 6.92 Å². The van der Waals surface area contributed by atoms with Gasteiger partial charge in [0.1, 0.15) is 0 Å². The van der Waals surface area contributed by atoms with Gasteiger partial charge in [-0.25, -0.2) is 0 Å². The van der Waals surface area contributed by atoms with Gasteiger partial charge in [-0.05, 0) is 51.6 Å². The highest BCUT2D eigenvalue weighted by Gasteiger charge is 2.25. The first-order valence-corrected chi connectivity index (χ1v) is 7.67. The van der Waals surface area contributed by atoms with Gasteiger partial charge in [0.05, 0.1) is 11.4 Å². The van der Waals surface area contributed by atoms with Gasteiger partial charge < -0.3 is 5.73 Å². The maximum Gasteiger partial charge on any atom is 0.0625 e. The van der Waals surface area contributed by atoms with Gasteiger partial charge >= 0.3 is 0 Å². The monoisotopic (exact) mass is 264 g/mol. The second-order valence-corrected chi connectivity index (χ2v) is 5.75. The van der Waals surface area contributed by atoms with Crippen molar-refractivity contribution in [3.8, 4) is 0 Å². The Morgan fingerprint density at radius 2 is 2.16 bits per heavy atom. The van der Waals surface area contributed by atoms with E-state index in [9.17, 15) is 0 Å². The number of hydrogen-bond donors (Lipinski definition) is 1. The molecule has 1 aromatic rings. The minimum Gasteiger partial charge on any atom is -0.330 e. The van der Waals surface area contributed by atoms with Crippen LogP contribution in [0.4, 0.5) is 0 Å². The number of piperidine rings is 1. The van der Waals surface area contributed by atoms with Crippen LogP contribution in [0.5, 0.6) is 0 Å². The van der Waals surface area contributed by atoms with Crippen molar-refractivity contribution in [1.82, 2.24) is 14.7 Å². The largest absolute Gasteiger partial charge is 0.330 e. The average molecular weight is 264 g/mol. The highest BCUT2D eigenvalue weighted by Crippen LogP contribution is 2.23. The zero-order valence-electron chi connectivity index (χ0n) is 12.6. The second kappa shape index (κ2) is 6.53. The molecule has 1 aliphatic rings. The molecule has 0 radical (unpaired) electrons. The van der Waals surface area contributed by atoms with E-state index in [4.69, 9.17) is 5.73 Å². The first kappa shape index (κ1) is 14.5. The van der Waals surface area contributed by atoms with E-state index in [2.05, 4.69) is 41.5 Å². The third-order valence-corrected chi connectivity index (χ3v) is 4.38. The number of nitrogens with two attached hydrogens (primary N) is 1. The van der Waals surface area contributed by atoms with Crippen LogP contribution in [0.2, 0.25) is 0 Å². The lowest BCUT2D eigenvalue weighted by molar-refractivity contribution is 0.110. The highest BCUT2D eigenvalue weighted by molar-refractivity contribution is 5.11. The molecule has 0 spiro atoms. The summed E-state index contributed by atoms with van der Waals surface area (Å²) in [4.78, 5) is 2.57. The SMILES string of the molecule is CCc1cc(CN2CC(CN)CCC2C)n(CC)n1. The minimum absolute atomic E-state index is 0.660. The van der Waals surface area contributed by atoms with Crippen molar-refractivity contribution in [3.05, 3.63) is 17.5 Å². The van der Waals surface area contributed by atoms with Crippen LogP contribution in [0, 0.1) is 5.92 Å². The van der Waals surface area contributed by atoms with Gasteiger partial charge in [0.25, 0.3) is 0 Å². The molecular weight excluding hydrogens is 236 g/mol. The molecule has 0 aliphatic carbocycles. The van der Waals surface area contributed by atoms with Gasteiger partial charge in [-0.2, -0.15) is 5.10 Å². The first-order valence-electron chi connectivity index (χ1n) is 7.67. The van der Waals surface area contributed by atoms with Crippen molar-refractivity contribution in [2.75, 3.05) is 13.1 Å². The summed E-state index contributed by atoms with van der Waals surface area (Å²) >= 11 is 0. The standard InChI is InChI=1S/C15H28N4/c1-4-14-8-15(19(5-2)17-14)11-18-10-13(9-16)7-6-12(18)3/h8,12-13H,4-7,9-11,16H2,1-3H3. The second-order valence-electron chi connectivity index (χ2n) is 5.75. The van der Waals surface area contributed by atoms with E-state index in [1.807, 2.05) is 0 Å². The fraction of sp³-hybridized carbons (Fsp3) is 0.800. The Kier molecular flexibility index (Phi) is 4.99. The number of aromatic nitrogens is 2. The first-order chi connectivity index (χ1) is 9.17. The maximum atomic E-state index is 5.84. The lowest BCUT2D eigenvalue weighted by Gasteiger charge is -2.37. The van der Waals surface area contributed by atoms with Crippen LogP contribution < -0.4 is 5.73 Å². The molecule has 1 saturated heterocycles. The zero-order valence-corrected chi connectivity index (χ0v) is 12.6. The van der Waals surface area contributed by atoms with Gasteiger partial charge in [0, 0.05) is 25.7 Å². The Morgan fingerprint density at radius 3 is 2.79 bits per heavy atom. The normalized spacial score (nSPS) is 24.8. The van der Waals surface area contributed by atoms with E-state index in [0.29, 0.717) is 12.0 Å². The molecule has 0 aromatic carbocycles. The molecule has 19 heavy (non-hydrogen) atoms. The lowest BCUT2D eigenvalue weighted by atomic mass is 9.93. The molecular formula is C15H28N4. The highest BCUT2D eigenvalue weighted by atomic mass is 15.3. The fourth-order valence-corrected chi connectivity index (χ4v) is 2.97. The molecule has 1 fully saturated rings. The smallest absolute Gasteiger partial charge is 0.0625 e. The van der Waals surface area contributed by atoms with Crippen molar-refractivity contribution < 1.29 is 0 Å². The number of aryl methyl sites for hydroxylation is 2. The van der Waals surface area contributed by atoms with E-state index < -0.39 is 0 Å². The van der Waals surface area contributed by atoms with Gasteiger partial charge in [0.2, 0.25) is 0 Å². The summed E-state index contributed by atoms with van der Waals surface area (Å²) in [5, 5.41) is 4.64. The van der Waals surface area contributed by atoms with E-state index in [1.165, 1.54) is 24.2 Å². The summed E-state index contributed by atoms with van der Waals surface area (Å²) in [5.74, 6) is 0.667. The predicted octanol–water partition coefficient (Wildman–Crippen LogP) is 2.02. The van der Waals surface area contributed by atoms with Crippen molar-refractivity contribution in [1.29, 1.82) is 0 Å². The Balaban J connectivity index is 2.08. The molecule has 1 aromatic heterocycles. The molecule has 0 amide bonds. The molecule has 0 bridgehead atoms. The molecule has 4 heteroatoms. The van der Waals surface area contributed by atoms with E-state index in [0.717, 1.165) is 32.6 Å². The van der Waals surface area contributed by atoms with Crippen LogP contribution >= 0.6 is 0 Å². The lowest BCUT2D eigenvalue weighted by Crippen LogP contribution is -2.43. The Hall–Kier alpha value is -0.870. The molecule has 2 unspecified atom stereocenters.